The molecule has 0 unspecified atom stereocenters. The number of amides is 3. The Hall–Kier alpha value is -3.93. The fourth-order valence-corrected chi connectivity index (χ4v) is 6.98. The highest BCUT2D eigenvalue weighted by molar-refractivity contribution is 5.76. The second-order valence-corrected chi connectivity index (χ2v) is 15.3. The van der Waals surface area contributed by atoms with Gasteiger partial charge in [-0.15, -0.1) is 0 Å². The Kier molecular flexibility index (Phi) is 16.0. The maximum Gasteiger partial charge on any atom is 0.410 e. The molecule has 0 bridgehead atoms. The number of hydrogen-bond acceptors (Lipinski definition) is 9. The first kappa shape index (κ1) is 40.8. The molecule has 2 aromatic rings. The zero-order valence-electron chi connectivity index (χ0n) is 31.1. The lowest BCUT2D eigenvalue weighted by Gasteiger charge is -2.33. The van der Waals surface area contributed by atoms with Crippen LogP contribution >= 0.6 is 0 Å². The summed E-state index contributed by atoms with van der Waals surface area (Å²) in [6, 6.07) is 9.01. The van der Waals surface area contributed by atoms with Crippen LogP contribution in [-0.2, 0) is 40.0 Å². The second-order valence-electron chi connectivity index (χ2n) is 15.3. The second kappa shape index (κ2) is 20.3. The van der Waals surface area contributed by atoms with Gasteiger partial charge < -0.3 is 36.2 Å². The molecule has 2 aromatic heterocycles. The van der Waals surface area contributed by atoms with Crippen molar-refractivity contribution >= 4 is 29.5 Å². The van der Waals surface area contributed by atoms with Crippen LogP contribution in [-0.4, -0.2) is 89.7 Å². The van der Waals surface area contributed by atoms with E-state index in [1.54, 1.807) is 4.90 Å². The standard InChI is InChI=1S/C22H34N4O3.C17H26N4O.CH4/c1-22(2,3)29-21(28)26-14-11-18(12-15-26)24-19(27)8-4-7-17-10-9-16-6-5-13-23-20(16)25-17;22-16(20-15-8-11-18-12-9-15)5-1-4-14-7-6-13-3-2-10-19-17(13)21-14;/h9-10,18H,4-8,11-15H2,1-3H3,(H,23,25)(H,24,27);6-7,15,18H,1-5,8-12H2,(H,19,21)(H,20,22);1H4. The number of carbonyl (C=O) groups excluding carboxylic acids is 3. The molecule has 4 aliphatic heterocycles. The van der Waals surface area contributed by atoms with E-state index in [1.807, 2.05) is 20.8 Å². The number of fused-ring (bicyclic) bond motifs is 2. The number of carbonyl (C=O) groups is 3. The van der Waals surface area contributed by atoms with Gasteiger partial charge in [0.25, 0.3) is 0 Å². The Morgan fingerprint density at radius 3 is 1.71 bits per heavy atom. The summed E-state index contributed by atoms with van der Waals surface area (Å²) in [5, 5.41) is 16.3. The molecule has 0 aromatic carbocycles. The van der Waals surface area contributed by atoms with Crippen molar-refractivity contribution in [2.75, 3.05) is 49.9 Å². The van der Waals surface area contributed by atoms with Crippen molar-refractivity contribution in [1.82, 2.24) is 30.8 Å². The van der Waals surface area contributed by atoms with Crippen molar-refractivity contribution in [2.45, 2.75) is 136 Å². The van der Waals surface area contributed by atoms with Gasteiger partial charge in [0.2, 0.25) is 11.8 Å². The molecular formula is C40H64N8O4. The van der Waals surface area contributed by atoms with E-state index >= 15 is 0 Å². The maximum absolute atomic E-state index is 12.3. The lowest BCUT2D eigenvalue weighted by molar-refractivity contribution is -0.123. The molecule has 0 spiro atoms. The number of nitrogens with zero attached hydrogens (tertiary/aromatic N) is 3. The maximum atomic E-state index is 12.3. The number of piperidine rings is 2. The first-order valence-electron chi connectivity index (χ1n) is 19.3. The van der Waals surface area contributed by atoms with Crippen molar-refractivity contribution < 1.29 is 19.1 Å². The average Bonchev–Trinajstić information content (AvgIpc) is 3.12. The van der Waals surface area contributed by atoms with Crippen molar-refractivity contribution in [1.29, 1.82) is 0 Å². The number of aryl methyl sites for hydroxylation is 4. The zero-order chi connectivity index (χ0) is 36.1. The van der Waals surface area contributed by atoms with Gasteiger partial charge in [0.1, 0.15) is 17.2 Å². The molecule has 288 valence electrons. The molecule has 2 fully saturated rings. The van der Waals surface area contributed by atoms with Crippen LogP contribution in [0.4, 0.5) is 16.4 Å². The molecular weight excluding hydrogens is 656 g/mol. The number of pyridine rings is 2. The van der Waals surface area contributed by atoms with Crippen molar-refractivity contribution in [3.63, 3.8) is 0 Å². The van der Waals surface area contributed by atoms with Gasteiger partial charge in [-0.25, -0.2) is 14.8 Å². The Morgan fingerprint density at radius 2 is 1.23 bits per heavy atom. The number of hydrogen-bond donors (Lipinski definition) is 5. The predicted octanol–water partition coefficient (Wildman–Crippen LogP) is 5.54. The summed E-state index contributed by atoms with van der Waals surface area (Å²) >= 11 is 0. The Bertz CT molecular complexity index is 1450. The van der Waals surface area contributed by atoms with Crippen LogP contribution in [0, 0.1) is 0 Å². The molecule has 3 amide bonds. The largest absolute Gasteiger partial charge is 0.444 e. The summed E-state index contributed by atoms with van der Waals surface area (Å²) in [5.74, 6) is 2.32. The van der Waals surface area contributed by atoms with Gasteiger partial charge in [0.05, 0.1) is 0 Å². The van der Waals surface area contributed by atoms with Crippen LogP contribution in [0.5, 0.6) is 0 Å². The van der Waals surface area contributed by atoms with E-state index in [4.69, 9.17) is 4.74 Å². The molecule has 0 radical (unpaired) electrons. The average molecular weight is 721 g/mol. The van der Waals surface area contributed by atoms with Crippen LogP contribution in [0.15, 0.2) is 24.3 Å². The molecule has 6 rings (SSSR count). The summed E-state index contributed by atoms with van der Waals surface area (Å²) in [6.07, 6.45) is 12.3. The summed E-state index contributed by atoms with van der Waals surface area (Å²) in [5.41, 5.74) is 4.25. The van der Waals surface area contributed by atoms with Crippen molar-refractivity contribution in [2.24, 2.45) is 0 Å². The minimum atomic E-state index is -0.481. The van der Waals surface area contributed by atoms with Gasteiger partial charge in [-0.2, -0.15) is 0 Å². The quantitative estimate of drug-likeness (QED) is 0.213. The molecule has 5 N–H and O–H groups in total. The van der Waals surface area contributed by atoms with E-state index < -0.39 is 5.60 Å². The van der Waals surface area contributed by atoms with Crippen LogP contribution in [0.3, 0.4) is 0 Å². The van der Waals surface area contributed by atoms with E-state index in [2.05, 4.69) is 60.8 Å². The van der Waals surface area contributed by atoms with Crippen LogP contribution in [0.25, 0.3) is 0 Å². The van der Waals surface area contributed by atoms with Gasteiger partial charge in [-0.3, -0.25) is 9.59 Å². The molecule has 12 nitrogen and oxygen atoms in total. The number of likely N-dealkylation sites (tertiary alicyclic amines) is 1. The first-order chi connectivity index (χ1) is 24.6. The number of aromatic nitrogens is 2. The zero-order valence-corrected chi connectivity index (χ0v) is 31.1. The van der Waals surface area contributed by atoms with Gasteiger partial charge in [-0.05, 0) is 134 Å². The predicted molar refractivity (Wildman–Crippen MR) is 208 cm³/mol. The first-order valence-corrected chi connectivity index (χ1v) is 19.3. The molecule has 0 saturated carbocycles. The smallest absolute Gasteiger partial charge is 0.410 e. The molecule has 2 saturated heterocycles. The summed E-state index contributed by atoms with van der Waals surface area (Å²) < 4.78 is 5.41. The number of rotatable bonds is 10. The van der Waals surface area contributed by atoms with E-state index in [-0.39, 0.29) is 31.4 Å². The third-order valence-corrected chi connectivity index (χ3v) is 9.79. The van der Waals surface area contributed by atoms with Crippen molar-refractivity contribution in [3.05, 3.63) is 46.8 Å². The summed E-state index contributed by atoms with van der Waals surface area (Å²) in [7, 11) is 0. The summed E-state index contributed by atoms with van der Waals surface area (Å²) in [6.45, 7) is 10.9. The third kappa shape index (κ3) is 13.6. The lowest BCUT2D eigenvalue weighted by Crippen LogP contribution is -2.47. The molecule has 4 aliphatic rings. The lowest BCUT2D eigenvalue weighted by atomic mass is 10.0. The Labute approximate surface area is 311 Å². The van der Waals surface area contributed by atoms with Crippen LogP contribution in [0.1, 0.15) is 115 Å². The molecule has 0 atom stereocenters. The van der Waals surface area contributed by atoms with E-state index in [1.165, 1.54) is 17.5 Å². The molecule has 12 heteroatoms. The Morgan fingerprint density at radius 1 is 0.750 bits per heavy atom. The molecule has 52 heavy (non-hydrogen) atoms. The van der Waals surface area contributed by atoms with Gasteiger partial charge in [-0.1, -0.05) is 19.6 Å². The van der Waals surface area contributed by atoms with E-state index in [0.29, 0.717) is 32.0 Å². The highest BCUT2D eigenvalue weighted by Gasteiger charge is 2.27. The number of ether oxygens (including phenoxy) is 1. The summed E-state index contributed by atoms with van der Waals surface area (Å²) in [4.78, 5) is 47.5. The van der Waals surface area contributed by atoms with Gasteiger partial charge in [0.15, 0.2) is 0 Å². The minimum Gasteiger partial charge on any atom is -0.444 e. The minimum absolute atomic E-state index is 0. The highest BCUT2D eigenvalue weighted by Crippen LogP contribution is 2.22. The fraction of sp³-hybridized carbons (Fsp3) is 0.675. The number of nitrogens with one attached hydrogen (secondary N) is 5. The van der Waals surface area contributed by atoms with Crippen LogP contribution < -0.4 is 26.6 Å². The SMILES string of the molecule is C.CC(C)(C)OC(=O)N1CCC(NC(=O)CCCc2ccc3c(n2)NCCC3)CC1.O=C(CCCc1ccc2c(n1)NCCC2)NC1CCNCC1. The topological polar surface area (TPSA) is 150 Å². The van der Waals surface area contributed by atoms with E-state index in [0.717, 1.165) is 120 Å². The molecule has 0 aliphatic carbocycles. The third-order valence-electron chi connectivity index (χ3n) is 9.79. The Balaban J connectivity index is 0.000000236. The van der Waals surface area contributed by atoms with Gasteiger partial charge in [0, 0.05) is 62.5 Å². The van der Waals surface area contributed by atoms with Crippen molar-refractivity contribution in [3.8, 4) is 0 Å². The van der Waals surface area contributed by atoms with E-state index in [9.17, 15) is 14.4 Å². The normalized spacial score (nSPS) is 17.4. The van der Waals surface area contributed by atoms with Crippen LogP contribution in [0.2, 0.25) is 0 Å². The fourth-order valence-electron chi connectivity index (χ4n) is 6.98. The van der Waals surface area contributed by atoms with Gasteiger partial charge >= 0.3 is 6.09 Å². The number of anilines is 2. The highest BCUT2D eigenvalue weighted by atomic mass is 16.6. The molecule has 6 heterocycles. The monoisotopic (exact) mass is 721 g/mol.